The quantitative estimate of drug-likeness (QED) is 0.663. The summed E-state index contributed by atoms with van der Waals surface area (Å²) in [6, 6.07) is 10.9. The lowest BCUT2D eigenvalue weighted by Crippen LogP contribution is -2.27. The molecule has 3 rings (SSSR count). The van der Waals surface area contributed by atoms with E-state index in [9.17, 15) is 9.59 Å². The van der Waals surface area contributed by atoms with Crippen molar-refractivity contribution in [2.24, 2.45) is 0 Å². The second-order valence-electron chi connectivity index (χ2n) is 5.30. The van der Waals surface area contributed by atoms with E-state index in [-0.39, 0.29) is 18.5 Å². The summed E-state index contributed by atoms with van der Waals surface area (Å²) in [5, 5.41) is 5.44. The van der Waals surface area contributed by atoms with Crippen LogP contribution >= 0.6 is 0 Å². The first-order chi connectivity index (χ1) is 12.2. The molecule has 0 aliphatic carbocycles. The molecule has 2 heterocycles. The maximum atomic E-state index is 11.6. The molecule has 0 saturated carbocycles. The summed E-state index contributed by atoms with van der Waals surface area (Å²) < 4.78 is 5.10. The highest BCUT2D eigenvalue weighted by molar-refractivity contribution is 5.94. The highest BCUT2D eigenvalue weighted by Gasteiger charge is 2.20. The highest BCUT2D eigenvalue weighted by Crippen LogP contribution is 2.16. The lowest BCUT2D eigenvalue weighted by atomic mass is 10.2. The molecule has 1 aromatic carbocycles. The van der Waals surface area contributed by atoms with E-state index in [4.69, 9.17) is 4.42 Å². The number of benzene rings is 1. The van der Waals surface area contributed by atoms with Crippen molar-refractivity contribution in [1.82, 2.24) is 10.6 Å². The van der Waals surface area contributed by atoms with Gasteiger partial charge in [-0.3, -0.25) is 9.69 Å². The van der Waals surface area contributed by atoms with Crippen molar-refractivity contribution < 1.29 is 14.0 Å². The number of rotatable bonds is 4. The molecule has 2 aromatic rings. The van der Waals surface area contributed by atoms with E-state index < -0.39 is 0 Å². The Morgan fingerprint density at radius 1 is 1.32 bits per heavy atom. The fourth-order valence-electron chi connectivity index (χ4n) is 2.32. The first kappa shape index (κ1) is 16.4. The molecule has 1 saturated heterocycles. The lowest BCUT2D eigenvalue weighted by Gasteiger charge is -2.13. The largest absolute Gasteiger partial charge is 0.465 e. The number of anilines is 1. The number of amides is 3. The number of carbonyl (C=O) groups is 2. The molecule has 1 fully saturated rings. The van der Waals surface area contributed by atoms with Gasteiger partial charge in [0.25, 0.3) is 0 Å². The van der Waals surface area contributed by atoms with E-state index in [0.29, 0.717) is 18.8 Å². The molecule has 126 valence electrons. The molecule has 1 aliphatic heterocycles. The summed E-state index contributed by atoms with van der Waals surface area (Å²) in [6.45, 7) is 1.58. The van der Waals surface area contributed by atoms with Crippen molar-refractivity contribution in [2.45, 2.75) is 0 Å². The van der Waals surface area contributed by atoms with Crippen LogP contribution in [0.25, 0.3) is 6.08 Å². The normalized spacial score (nSPS) is 13.4. The average molecular weight is 335 g/mol. The van der Waals surface area contributed by atoms with E-state index in [0.717, 1.165) is 11.3 Å². The minimum Gasteiger partial charge on any atom is -0.465 e. The van der Waals surface area contributed by atoms with Crippen LogP contribution in [-0.4, -0.2) is 31.6 Å². The van der Waals surface area contributed by atoms with Gasteiger partial charge in [-0.2, -0.15) is 0 Å². The summed E-state index contributed by atoms with van der Waals surface area (Å²) in [5.74, 6) is 6.25. The summed E-state index contributed by atoms with van der Waals surface area (Å²) >= 11 is 0. The van der Waals surface area contributed by atoms with Crippen LogP contribution in [-0.2, 0) is 4.79 Å². The van der Waals surface area contributed by atoms with Crippen LogP contribution in [0.5, 0.6) is 0 Å². The van der Waals surface area contributed by atoms with Crippen molar-refractivity contribution in [3.05, 3.63) is 60.1 Å². The molecule has 2 N–H and O–H groups in total. The number of urea groups is 1. The van der Waals surface area contributed by atoms with Gasteiger partial charge in [-0.05, 0) is 42.5 Å². The average Bonchev–Trinajstić information content (AvgIpc) is 3.29. The summed E-state index contributed by atoms with van der Waals surface area (Å²) in [7, 11) is 0. The Morgan fingerprint density at radius 2 is 2.16 bits per heavy atom. The van der Waals surface area contributed by atoms with Gasteiger partial charge in [0, 0.05) is 30.4 Å². The Labute approximate surface area is 145 Å². The lowest BCUT2D eigenvalue weighted by molar-refractivity contribution is -0.116. The molecule has 6 heteroatoms. The smallest absolute Gasteiger partial charge is 0.321 e. The third-order valence-electron chi connectivity index (χ3n) is 3.56. The second-order valence-corrected chi connectivity index (χ2v) is 5.30. The number of nitrogens with one attached hydrogen (secondary N) is 2. The van der Waals surface area contributed by atoms with Gasteiger partial charge < -0.3 is 15.1 Å². The predicted octanol–water partition coefficient (Wildman–Crippen LogP) is 1.99. The van der Waals surface area contributed by atoms with E-state index in [1.807, 2.05) is 24.3 Å². The van der Waals surface area contributed by atoms with E-state index in [1.165, 1.54) is 6.08 Å². The molecule has 6 nitrogen and oxygen atoms in total. The summed E-state index contributed by atoms with van der Waals surface area (Å²) in [6.07, 6.45) is 4.54. The van der Waals surface area contributed by atoms with Crippen molar-refractivity contribution in [3.8, 4) is 11.8 Å². The molecule has 0 unspecified atom stereocenters. The molecule has 1 aromatic heterocycles. The maximum absolute atomic E-state index is 11.6. The van der Waals surface area contributed by atoms with Crippen LogP contribution in [0.1, 0.15) is 11.3 Å². The molecular weight excluding hydrogens is 318 g/mol. The van der Waals surface area contributed by atoms with Crippen LogP contribution in [0, 0.1) is 11.8 Å². The highest BCUT2D eigenvalue weighted by atomic mass is 16.3. The molecule has 0 atom stereocenters. The first-order valence-corrected chi connectivity index (χ1v) is 7.86. The predicted molar refractivity (Wildman–Crippen MR) is 94.8 cm³/mol. The van der Waals surface area contributed by atoms with Crippen LogP contribution in [0.4, 0.5) is 10.5 Å². The molecule has 1 aliphatic rings. The second kappa shape index (κ2) is 7.88. The zero-order valence-electron chi connectivity index (χ0n) is 13.5. The van der Waals surface area contributed by atoms with Crippen LogP contribution in [0.3, 0.4) is 0 Å². The topological polar surface area (TPSA) is 74.6 Å². The van der Waals surface area contributed by atoms with E-state index in [1.54, 1.807) is 29.4 Å². The Bertz CT molecular complexity index is 827. The van der Waals surface area contributed by atoms with E-state index >= 15 is 0 Å². The molecule has 0 spiro atoms. The maximum Gasteiger partial charge on any atom is 0.321 e. The number of hydrogen-bond acceptors (Lipinski definition) is 3. The van der Waals surface area contributed by atoms with Crippen molar-refractivity contribution in [1.29, 1.82) is 0 Å². The van der Waals surface area contributed by atoms with Gasteiger partial charge in [-0.15, -0.1) is 0 Å². The zero-order valence-corrected chi connectivity index (χ0v) is 13.5. The number of carbonyl (C=O) groups excluding carboxylic acids is 2. The minimum absolute atomic E-state index is 0.0795. The van der Waals surface area contributed by atoms with Gasteiger partial charge in [-0.25, -0.2) is 4.79 Å². The van der Waals surface area contributed by atoms with Gasteiger partial charge in [-0.1, -0.05) is 11.8 Å². The Balaban J connectivity index is 1.48. The van der Waals surface area contributed by atoms with Crippen molar-refractivity contribution in [2.75, 3.05) is 24.5 Å². The monoisotopic (exact) mass is 335 g/mol. The number of nitrogens with zero attached hydrogens (tertiary/aromatic N) is 1. The number of furan rings is 1. The SMILES string of the molecule is O=C(/C=C/c1ccco1)NCC#Cc1ccc(N2CCNC2=O)cc1. The zero-order chi connectivity index (χ0) is 17.5. The molecule has 0 bridgehead atoms. The van der Waals surface area contributed by atoms with Gasteiger partial charge in [0.2, 0.25) is 5.91 Å². The van der Waals surface area contributed by atoms with Crippen molar-refractivity contribution >= 4 is 23.7 Å². The minimum atomic E-state index is -0.235. The van der Waals surface area contributed by atoms with Gasteiger partial charge in [0.1, 0.15) is 5.76 Å². The Hall–Kier alpha value is -3.46. The third-order valence-corrected chi connectivity index (χ3v) is 3.56. The van der Waals surface area contributed by atoms with Crippen LogP contribution in [0.2, 0.25) is 0 Å². The van der Waals surface area contributed by atoms with E-state index in [2.05, 4.69) is 22.5 Å². The molecule has 3 amide bonds. The van der Waals surface area contributed by atoms with Crippen LogP contribution < -0.4 is 15.5 Å². The summed E-state index contributed by atoms with van der Waals surface area (Å²) in [4.78, 5) is 24.9. The first-order valence-electron chi connectivity index (χ1n) is 7.86. The molecule has 25 heavy (non-hydrogen) atoms. The van der Waals surface area contributed by atoms with Gasteiger partial charge >= 0.3 is 6.03 Å². The fraction of sp³-hybridized carbons (Fsp3) is 0.158. The third kappa shape index (κ3) is 4.52. The fourth-order valence-corrected chi connectivity index (χ4v) is 2.32. The van der Waals surface area contributed by atoms with Crippen LogP contribution in [0.15, 0.2) is 53.2 Å². The Morgan fingerprint density at radius 3 is 2.84 bits per heavy atom. The molecular formula is C19H17N3O3. The van der Waals surface area contributed by atoms with Crippen molar-refractivity contribution in [3.63, 3.8) is 0 Å². The Kier molecular flexibility index (Phi) is 5.17. The van der Waals surface area contributed by atoms with Gasteiger partial charge in [0.15, 0.2) is 0 Å². The van der Waals surface area contributed by atoms with Gasteiger partial charge in [0.05, 0.1) is 12.8 Å². The standard InChI is InChI=1S/C19H17N3O3/c23-18(10-9-17-4-2-14-25-17)20-11-1-3-15-5-7-16(8-6-15)22-13-12-21-19(22)24/h2,4-10,14H,11-13H2,(H,20,23)(H,21,24)/b10-9+. The summed E-state index contributed by atoms with van der Waals surface area (Å²) in [5.41, 5.74) is 1.67. The number of hydrogen-bond donors (Lipinski definition) is 2. The molecule has 0 radical (unpaired) electrons.